The summed E-state index contributed by atoms with van der Waals surface area (Å²) in [4.78, 5) is 46.2. The number of amides is 3. The molecule has 0 bridgehead atoms. The summed E-state index contributed by atoms with van der Waals surface area (Å²) in [5.41, 5.74) is 1.65. The molecule has 4 heterocycles. The fourth-order valence-electron chi connectivity index (χ4n) is 4.38. The molecular formula is C24H24N4O5S. The highest BCUT2D eigenvalue weighted by molar-refractivity contribution is 7.14. The number of aromatic nitrogens is 1. The number of nitrogens with zero attached hydrogens (tertiary/aromatic N) is 3. The zero-order valence-electron chi connectivity index (χ0n) is 18.8. The van der Waals surface area contributed by atoms with E-state index in [9.17, 15) is 14.4 Å². The van der Waals surface area contributed by atoms with Crippen LogP contribution >= 0.6 is 11.3 Å². The molecule has 0 radical (unpaired) electrons. The number of rotatable bonds is 6. The monoisotopic (exact) mass is 480 g/mol. The van der Waals surface area contributed by atoms with Gasteiger partial charge in [0.25, 0.3) is 17.7 Å². The average Bonchev–Trinajstić information content (AvgIpc) is 3.51. The SMILES string of the molecule is C[C@@H]1CN(Cc2csc(NC(=O)c3ccc4c(c3)C(=O)N(Cc3ccco3)C4=O)n2)C[C@H](C)O1. The highest BCUT2D eigenvalue weighted by atomic mass is 32.1. The van der Waals surface area contributed by atoms with Crippen molar-refractivity contribution in [2.24, 2.45) is 0 Å². The van der Waals surface area contributed by atoms with Crippen molar-refractivity contribution in [2.45, 2.75) is 39.1 Å². The summed E-state index contributed by atoms with van der Waals surface area (Å²) in [5, 5.41) is 5.21. The molecule has 0 saturated carbocycles. The molecule has 5 rings (SSSR count). The van der Waals surface area contributed by atoms with Crippen LogP contribution in [0.3, 0.4) is 0 Å². The van der Waals surface area contributed by atoms with Crippen molar-refractivity contribution in [3.05, 3.63) is 70.1 Å². The van der Waals surface area contributed by atoms with Crippen molar-refractivity contribution in [3.8, 4) is 0 Å². The standard InChI is InChI=1S/C24H24N4O5S/c1-14-9-27(10-15(2)33-14)11-17-13-34-24(25-17)26-21(29)16-5-6-19-20(8-16)23(31)28(22(19)30)12-18-4-3-7-32-18/h3-8,13-15H,9-12H2,1-2H3,(H,25,26,29)/t14-,15+. The molecule has 2 aromatic heterocycles. The van der Waals surface area contributed by atoms with Gasteiger partial charge >= 0.3 is 0 Å². The van der Waals surface area contributed by atoms with Crippen LogP contribution in [0.1, 0.15) is 56.4 Å². The molecule has 2 aliphatic rings. The zero-order chi connectivity index (χ0) is 23.8. The second kappa shape index (κ2) is 9.13. The van der Waals surface area contributed by atoms with Crippen LogP contribution in [-0.4, -0.2) is 57.8 Å². The predicted molar refractivity (Wildman–Crippen MR) is 125 cm³/mol. The Labute approximate surface area is 200 Å². The Morgan fingerprint density at radius 3 is 2.62 bits per heavy atom. The van der Waals surface area contributed by atoms with Gasteiger partial charge in [-0.3, -0.25) is 29.5 Å². The number of hydrogen-bond acceptors (Lipinski definition) is 8. The largest absolute Gasteiger partial charge is 0.467 e. The predicted octanol–water partition coefficient (Wildman–Crippen LogP) is 3.39. The number of carbonyl (C=O) groups excluding carboxylic acids is 3. The van der Waals surface area contributed by atoms with Crippen molar-refractivity contribution in [1.29, 1.82) is 0 Å². The molecule has 9 nitrogen and oxygen atoms in total. The van der Waals surface area contributed by atoms with Gasteiger partial charge in [-0.1, -0.05) is 0 Å². The molecule has 0 spiro atoms. The number of nitrogens with one attached hydrogen (secondary N) is 1. The minimum Gasteiger partial charge on any atom is -0.467 e. The summed E-state index contributed by atoms with van der Waals surface area (Å²) in [6.45, 7) is 6.51. The van der Waals surface area contributed by atoms with Crippen molar-refractivity contribution >= 4 is 34.2 Å². The fourth-order valence-corrected chi connectivity index (χ4v) is 5.08. The van der Waals surface area contributed by atoms with E-state index in [-0.39, 0.29) is 41.4 Å². The maximum absolute atomic E-state index is 12.8. The molecule has 0 aliphatic carbocycles. The fraction of sp³-hybridized carbons (Fsp3) is 0.333. The van der Waals surface area contributed by atoms with Crippen LogP contribution in [0.15, 0.2) is 46.4 Å². The number of anilines is 1. The molecule has 3 aromatic rings. The van der Waals surface area contributed by atoms with Gasteiger partial charge in [0.05, 0.1) is 41.8 Å². The first kappa shape index (κ1) is 22.5. The van der Waals surface area contributed by atoms with Gasteiger partial charge in [-0.15, -0.1) is 11.3 Å². The molecular weight excluding hydrogens is 456 g/mol. The number of thiazole rings is 1. The maximum atomic E-state index is 12.8. The van der Waals surface area contributed by atoms with Crippen molar-refractivity contribution in [1.82, 2.24) is 14.8 Å². The topological polar surface area (TPSA) is 105 Å². The third-order valence-electron chi connectivity index (χ3n) is 5.78. The minimum atomic E-state index is -0.448. The number of morpholine rings is 1. The maximum Gasteiger partial charge on any atom is 0.261 e. The van der Waals surface area contributed by atoms with Gasteiger partial charge in [-0.25, -0.2) is 4.98 Å². The minimum absolute atomic E-state index is 0.0451. The molecule has 1 N–H and O–H groups in total. The van der Waals surface area contributed by atoms with Crippen LogP contribution in [0.5, 0.6) is 0 Å². The van der Waals surface area contributed by atoms with Gasteiger partial charge in [0, 0.05) is 30.6 Å². The molecule has 1 aromatic carbocycles. The van der Waals surface area contributed by atoms with Crippen molar-refractivity contribution < 1.29 is 23.5 Å². The Morgan fingerprint density at radius 2 is 1.88 bits per heavy atom. The van der Waals surface area contributed by atoms with E-state index in [1.54, 1.807) is 18.2 Å². The van der Waals surface area contributed by atoms with Gasteiger partial charge in [0.2, 0.25) is 0 Å². The molecule has 3 amide bonds. The second-order valence-corrected chi connectivity index (χ2v) is 9.44. The van der Waals surface area contributed by atoms with Crippen LogP contribution in [0, 0.1) is 0 Å². The lowest BCUT2D eigenvalue weighted by atomic mass is 10.1. The molecule has 34 heavy (non-hydrogen) atoms. The third-order valence-corrected chi connectivity index (χ3v) is 6.59. The summed E-state index contributed by atoms with van der Waals surface area (Å²) >= 11 is 1.35. The van der Waals surface area contributed by atoms with Gasteiger partial charge in [-0.2, -0.15) is 0 Å². The van der Waals surface area contributed by atoms with E-state index in [1.807, 2.05) is 5.38 Å². The molecule has 2 atom stereocenters. The molecule has 176 valence electrons. The molecule has 2 aliphatic heterocycles. The highest BCUT2D eigenvalue weighted by Gasteiger charge is 2.36. The summed E-state index contributed by atoms with van der Waals surface area (Å²) in [6.07, 6.45) is 1.83. The van der Waals surface area contributed by atoms with Crippen LogP contribution in [0.2, 0.25) is 0 Å². The zero-order valence-corrected chi connectivity index (χ0v) is 19.6. The summed E-state index contributed by atoms with van der Waals surface area (Å²) < 4.78 is 11.0. The quantitative estimate of drug-likeness (QED) is 0.539. The summed E-state index contributed by atoms with van der Waals surface area (Å²) in [6, 6.07) is 7.91. The van der Waals surface area contributed by atoms with Crippen LogP contribution in [0.25, 0.3) is 0 Å². The highest BCUT2D eigenvalue weighted by Crippen LogP contribution is 2.27. The first-order valence-corrected chi connectivity index (χ1v) is 11.9. The Hall–Kier alpha value is -3.34. The Balaban J connectivity index is 1.25. The number of ether oxygens (including phenoxy) is 1. The van der Waals surface area contributed by atoms with Gasteiger partial charge in [0.1, 0.15) is 5.76 Å². The number of carbonyl (C=O) groups is 3. The lowest BCUT2D eigenvalue weighted by Crippen LogP contribution is -2.44. The van der Waals surface area contributed by atoms with Crippen LogP contribution in [0.4, 0.5) is 5.13 Å². The first-order valence-electron chi connectivity index (χ1n) is 11.0. The third kappa shape index (κ3) is 4.52. The number of furan rings is 1. The molecule has 1 fully saturated rings. The van der Waals surface area contributed by atoms with Crippen LogP contribution in [-0.2, 0) is 17.8 Å². The van der Waals surface area contributed by atoms with Gasteiger partial charge in [-0.05, 0) is 44.2 Å². The van der Waals surface area contributed by atoms with Gasteiger partial charge < -0.3 is 9.15 Å². The molecule has 0 unspecified atom stereocenters. The van der Waals surface area contributed by atoms with E-state index in [1.165, 1.54) is 29.7 Å². The van der Waals surface area contributed by atoms with E-state index in [4.69, 9.17) is 9.15 Å². The van der Waals surface area contributed by atoms with E-state index in [2.05, 4.69) is 29.0 Å². The number of fused-ring (bicyclic) bond motifs is 1. The Morgan fingerprint density at radius 1 is 1.12 bits per heavy atom. The number of benzene rings is 1. The second-order valence-electron chi connectivity index (χ2n) is 8.59. The normalized spacial score (nSPS) is 20.6. The van der Waals surface area contributed by atoms with Crippen molar-refractivity contribution in [2.75, 3.05) is 18.4 Å². The summed E-state index contributed by atoms with van der Waals surface area (Å²) in [7, 11) is 0. The van der Waals surface area contributed by atoms with E-state index < -0.39 is 11.8 Å². The average molecular weight is 481 g/mol. The Kier molecular flexibility index (Phi) is 6.03. The van der Waals surface area contributed by atoms with Gasteiger partial charge in [0.15, 0.2) is 5.13 Å². The first-order chi connectivity index (χ1) is 16.4. The van der Waals surface area contributed by atoms with E-state index >= 15 is 0 Å². The lowest BCUT2D eigenvalue weighted by molar-refractivity contribution is -0.0707. The van der Waals surface area contributed by atoms with Crippen molar-refractivity contribution in [3.63, 3.8) is 0 Å². The van der Waals surface area contributed by atoms with Crippen LogP contribution < -0.4 is 5.32 Å². The number of hydrogen-bond donors (Lipinski definition) is 1. The smallest absolute Gasteiger partial charge is 0.261 e. The number of imide groups is 1. The van der Waals surface area contributed by atoms with E-state index in [0.717, 1.165) is 23.7 Å². The lowest BCUT2D eigenvalue weighted by Gasteiger charge is -2.34. The molecule has 1 saturated heterocycles. The molecule has 10 heteroatoms. The van der Waals surface area contributed by atoms with E-state index in [0.29, 0.717) is 17.4 Å². The summed E-state index contributed by atoms with van der Waals surface area (Å²) in [5.74, 6) is -0.730. The Bertz CT molecular complexity index is 1230.